The maximum absolute atomic E-state index is 10.8. The molecule has 62 valence electrons. The van der Waals surface area contributed by atoms with Crippen molar-refractivity contribution in [3.63, 3.8) is 0 Å². The van der Waals surface area contributed by atoms with E-state index in [0.717, 1.165) is 6.42 Å². The van der Waals surface area contributed by atoms with Crippen molar-refractivity contribution in [3.05, 3.63) is 0 Å². The van der Waals surface area contributed by atoms with Crippen LogP contribution in [0.1, 0.15) is 25.7 Å². The number of Topliss-reactive ketones (excluding diaryl/α,β-unsaturated/α-hetero) is 1. The number of carbonyl (C=O) groups excluding carboxylic acids is 2. The molecule has 0 aromatic carbocycles. The molecule has 0 heterocycles. The molecule has 1 aliphatic carbocycles. The standard InChI is InChI=1S/C8H12O3/c1-11-8(10)5-6-2-3-7(9)4-6/h6H,2-5H2,1H3/t6-/m0/s1. The Morgan fingerprint density at radius 3 is 2.91 bits per heavy atom. The van der Waals surface area contributed by atoms with Crippen LogP contribution < -0.4 is 0 Å². The quantitative estimate of drug-likeness (QED) is 0.558. The molecule has 0 unspecified atom stereocenters. The smallest absolute Gasteiger partial charge is 0.305 e. The van der Waals surface area contributed by atoms with E-state index in [9.17, 15) is 9.59 Å². The van der Waals surface area contributed by atoms with Gasteiger partial charge >= 0.3 is 5.97 Å². The summed E-state index contributed by atoms with van der Waals surface area (Å²) in [6.45, 7) is 0. The molecule has 3 nitrogen and oxygen atoms in total. The first-order chi connectivity index (χ1) is 5.22. The summed E-state index contributed by atoms with van der Waals surface area (Å²) in [7, 11) is 1.37. The lowest BCUT2D eigenvalue weighted by Gasteiger charge is -2.04. The van der Waals surface area contributed by atoms with Crippen LogP contribution >= 0.6 is 0 Å². The van der Waals surface area contributed by atoms with Crippen molar-refractivity contribution in [1.82, 2.24) is 0 Å². The summed E-state index contributed by atoms with van der Waals surface area (Å²) >= 11 is 0. The fourth-order valence-electron chi connectivity index (χ4n) is 1.38. The van der Waals surface area contributed by atoms with Gasteiger partial charge in [-0.1, -0.05) is 0 Å². The fourth-order valence-corrected chi connectivity index (χ4v) is 1.38. The number of hydrogen-bond acceptors (Lipinski definition) is 3. The van der Waals surface area contributed by atoms with Gasteiger partial charge in [-0.2, -0.15) is 0 Å². The van der Waals surface area contributed by atoms with Gasteiger partial charge in [0.2, 0.25) is 0 Å². The van der Waals surface area contributed by atoms with Crippen LogP contribution in [-0.2, 0) is 14.3 Å². The third-order valence-corrected chi connectivity index (χ3v) is 2.03. The van der Waals surface area contributed by atoms with E-state index in [4.69, 9.17) is 0 Å². The Kier molecular flexibility index (Phi) is 2.63. The second kappa shape index (κ2) is 3.51. The summed E-state index contributed by atoms with van der Waals surface area (Å²) in [5, 5.41) is 0. The SMILES string of the molecule is COC(=O)C[C@H]1CCC(=O)C1. The molecule has 1 rings (SSSR count). The van der Waals surface area contributed by atoms with Crippen LogP contribution in [0.4, 0.5) is 0 Å². The normalized spacial score (nSPS) is 23.7. The van der Waals surface area contributed by atoms with Gasteiger partial charge in [-0.3, -0.25) is 9.59 Å². The predicted molar refractivity (Wildman–Crippen MR) is 39.0 cm³/mol. The summed E-state index contributed by atoms with van der Waals surface area (Å²) in [5.41, 5.74) is 0. The summed E-state index contributed by atoms with van der Waals surface area (Å²) in [4.78, 5) is 21.5. The summed E-state index contributed by atoms with van der Waals surface area (Å²) in [6.07, 6.45) is 2.47. The Hall–Kier alpha value is -0.860. The number of esters is 1. The van der Waals surface area contributed by atoms with Crippen LogP contribution in [0.5, 0.6) is 0 Å². The molecule has 11 heavy (non-hydrogen) atoms. The minimum Gasteiger partial charge on any atom is -0.469 e. The first kappa shape index (κ1) is 8.24. The lowest BCUT2D eigenvalue weighted by molar-refractivity contribution is -0.141. The van der Waals surface area contributed by atoms with E-state index in [0.29, 0.717) is 19.3 Å². The second-order valence-corrected chi connectivity index (χ2v) is 2.93. The molecule has 0 spiro atoms. The monoisotopic (exact) mass is 156 g/mol. The maximum Gasteiger partial charge on any atom is 0.305 e. The molecule has 0 aliphatic heterocycles. The van der Waals surface area contributed by atoms with Crippen molar-refractivity contribution in [2.24, 2.45) is 5.92 Å². The molecule has 0 aromatic rings. The van der Waals surface area contributed by atoms with Crippen molar-refractivity contribution in [1.29, 1.82) is 0 Å². The number of hydrogen-bond donors (Lipinski definition) is 0. The van der Waals surface area contributed by atoms with Gasteiger partial charge < -0.3 is 4.74 Å². The first-order valence-corrected chi connectivity index (χ1v) is 3.81. The highest BCUT2D eigenvalue weighted by atomic mass is 16.5. The summed E-state index contributed by atoms with van der Waals surface area (Å²) in [6, 6.07) is 0. The molecular formula is C8H12O3. The molecule has 0 amide bonds. The molecule has 0 saturated heterocycles. The average Bonchev–Trinajstić information content (AvgIpc) is 2.35. The van der Waals surface area contributed by atoms with Crippen LogP contribution in [0.2, 0.25) is 0 Å². The topological polar surface area (TPSA) is 43.4 Å². The zero-order valence-electron chi connectivity index (χ0n) is 6.63. The molecule has 1 saturated carbocycles. The first-order valence-electron chi connectivity index (χ1n) is 3.81. The van der Waals surface area contributed by atoms with Gasteiger partial charge in [-0.15, -0.1) is 0 Å². The van der Waals surface area contributed by atoms with Crippen molar-refractivity contribution >= 4 is 11.8 Å². The Bertz CT molecular complexity index is 174. The molecule has 0 bridgehead atoms. The lowest BCUT2D eigenvalue weighted by Crippen LogP contribution is -2.07. The maximum atomic E-state index is 10.8. The molecule has 1 atom stereocenters. The van der Waals surface area contributed by atoms with E-state index in [1.165, 1.54) is 7.11 Å². The highest BCUT2D eigenvalue weighted by Gasteiger charge is 2.24. The van der Waals surface area contributed by atoms with E-state index in [1.807, 2.05) is 0 Å². The fraction of sp³-hybridized carbons (Fsp3) is 0.750. The molecule has 0 radical (unpaired) electrons. The van der Waals surface area contributed by atoms with Crippen LogP contribution in [0.25, 0.3) is 0 Å². The zero-order chi connectivity index (χ0) is 8.27. The highest BCUT2D eigenvalue weighted by molar-refractivity contribution is 5.81. The molecule has 3 heteroatoms. The zero-order valence-corrected chi connectivity index (χ0v) is 6.63. The molecule has 0 aromatic heterocycles. The van der Waals surface area contributed by atoms with Gasteiger partial charge in [0.05, 0.1) is 7.11 Å². The third-order valence-electron chi connectivity index (χ3n) is 2.03. The highest BCUT2D eigenvalue weighted by Crippen LogP contribution is 2.24. The second-order valence-electron chi connectivity index (χ2n) is 2.93. The Balaban J connectivity index is 2.28. The van der Waals surface area contributed by atoms with Gasteiger partial charge in [0.25, 0.3) is 0 Å². The van der Waals surface area contributed by atoms with Crippen molar-refractivity contribution in [2.75, 3.05) is 7.11 Å². The van der Waals surface area contributed by atoms with E-state index < -0.39 is 0 Å². The van der Waals surface area contributed by atoms with Crippen molar-refractivity contribution < 1.29 is 14.3 Å². The van der Waals surface area contributed by atoms with E-state index in [-0.39, 0.29) is 17.7 Å². The van der Waals surface area contributed by atoms with E-state index >= 15 is 0 Å². The molecule has 1 aliphatic rings. The number of carbonyl (C=O) groups is 2. The van der Waals surface area contributed by atoms with Crippen LogP contribution in [-0.4, -0.2) is 18.9 Å². The molecule has 1 fully saturated rings. The van der Waals surface area contributed by atoms with E-state index in [2.05, 4.69) is 4.74 Å². The third kappa shape index (κ3) is 2.33. The Morgan fingerprint density at radius 1 is 1.73 bits per heavy atom. The van der Waals surface area contributed by atoms with E-state index in [1.54, 1.807) is 0 Å². The van der Waals surface area contributed by atoms with Crippen LogP contribution in [0.3, 0.4) is 0 Å². The molecular weight excluding hydrogens is 144 g/mol. The Labute approximate surface area is 65.7 Å². The van der Waals surface area contributed by atoms with Gasteiger partial charge in [-0.05, 0) is 12.3 Å². The van der Waals surface area contributed by atoms with Crippen LogP contribution in [0, 0.1) is 5.92 Å². The van der Waals surface area contributed by atoms with Crippen molar-refractivity contribution in [2.45, 2.75) is 25.7 Å². The summed E-state index contributed by atoms with van der Waals surface area (Å²) < 4.78 is 4.50. The number of methoxy groups -OCH3 is 1. The number of ketones is 1. The average molecular weight is 156 g/mol. The van der Waals surface area contributed by atoms with Crippen LogP contribution in [0.15, 0.2) is 0 Å². The lowest BCUT2D eigenvalue weighted by atomic mass is 10.0. The largest absolute Gasteiger partial charge is 0.469 e. The van der Waals surface area contributed by atoms with Gasteiger partial charge in [0, 0.05) is 19.3 Å². The van der Waals surface area contributed by atoms with Gasteiger partial charge in [-0.25, -0.2) is 0 Å². The molecule has 0 N–H and O–H groups in total. The minimum absolute atomic E-state index is 0.204. The van der Waals surface area contributed by atoms with Gasteiger partial charge in [0.1, 0.15) is 5.78 Å². The minimum atomic E-state index is -0.204. The number of rotatable bonds is 2. The summed E-state index contributed by atoms with van der Waals surface area (Å²) in [5.74, 6) is 0.318. The number of ether oxygens (including phenoxy) is 1. The van der Waals surface area contributed by atoms with Crippen molar-refractivity contribution in [3.8, 4) is 0 Å². The van der Waals surface area contributed by atoms with Gasteiger partial charge in [0.15, 0.2) is 0 Å². The Morgan fingerprint density at radius 2 is 2.45 bits per heavy atom. The predicted octanol–water partition coefficient (Wildman–Crippen LogP) is 0.919.